The van der Waals surface area contributed by atoms with Crippen LogP contribution >= 0.6 is 0 Å². The number of anilines is 1. The smallest absolute Gasteiger partial charge is 0.225 e. The molecule has 0 bridgehead atoms. The van der Waals surface area contributed by atoms with E-state index in [1.54, 1.807) is 0 Å². The van der Waals surface area contributed by atoms with E-state index < -0.39 is 0 Å². The van der Waals surface area contributed by atoms with Crippen LogP contribution in [0, 0.1) is 5.41 Å². The zero-order valence-corrected chi connectivity index (χ0v) is 13.3. The highest BCUT2D eigenvalue weighted by atomic mass is 16.5. The van der Waals surface area contributed by atoms with Gasteiger partial charge in [0.2, 0.25) is 5.95 Å². The summed E-state index contributed by atoms with van der Waals surface area (Å²) in [5.74, 6) is 0.785. The number of hydrogen-bond donors (Lipinski definition) is 2. The Bertz CT molecular complexity index is 476. The molecule has 2 fully saturated rings. The molecule has 1 aromatic heterocycles. The third-order valence-corrected chi connectivity index (χ3v) is 4.98. The lowest BCUT2D eigenvalue weighted by Gasteiger charge is -2.30. The van der Waals surface area contributed by atoms with Crippen molar-refractivity contribution < 1.29 is 9.84 Å². The summed E-state index contributed by atoms with van der Waals surface area (Å²) in [4.78, 5) is 11.1. The maximum absolute atomic E-state index is 9.59. The first-order valence-corrected chi connectivity index (χ1v) is 8.19. The summed E-state index contributed by atoms with van der Waals surface area (Å²) in [5.41, 5.74) is 1.10. The molecule has 2 atom stereocenters. The second-order valence-corrected chi connectivity index (χ2v) is 6.63. The molecule has 6 nitrogen and oxygen atoms in total. The van der Waals surface area contributed by atoms with Gasteiger partial charge >= 0.3 is 0 Å². The van der Waals surface area contributed by atoms with Crippen molar-refractivity contribution >= 4 is 5.95 Å². The molecule has 1 saturated carbocycles. The molecule has 3 rings (SSSR count). The molecule has 0 spiro atoms. The molecule has 22 heavy (non-hydrogen) atoms. The number of hydrogen-bond acceptors (Lipinski definition) is 6. The monoisotopic (exact) mass is 306 g/mol. The highest BCUT2D eigenvalue weighted by Gasteiger charge is 2.37. The van der Waals surface area contributed by atoms with Gasteiger partial charge in [0.05, 0.1) is 13.2 Å². The van der Waals surface area contributed by atoms with Crippen molar-refractivity contribution in [2.75, 3.05) is 37.8 Å². The van der Waals surface area contributed by atoms with Crippen molar-refractivity contribution in [3.8, 4) is 0 Å². The van der Waals surface area contributed by atoms with Crippen LogP contribution in [0.2, 0.25) is 0 Å². The summed E-state index contributed by atoms with van der Waals surface area (Å²) in [7, 11) is 0. The molecule has 1 aliphatic heterocycles. The Hall–Kier alpha value is -1.24. The first-order chi connectivity index (χ1) is 10.7. The summed E-state index contributed by atoms with van der Waals surface area (Å²) in [5, 5.41) is 13.2. The van der Waals surface area contributed by atoms with Gasteiger partial charge in [-0.2, -0.15) is 0 Å². The molecule has 0 radical (unpaired) electrons. The molecule has 0 amide bonds. The number of rotatable bonds is 5. The molecule has 1 aromatic rings. The molecule has 122 valence electrons. The van der Waals surface area contributed by atoms with E-state index in [0.29, 0.717) is 6.04 Å². The van der Waals surface area contributed by atoms with E-state index in [9.17, 15) is 5.11 Å². The summed E-state index contributed by atoms with van der Waals surface area (Å²) >= 11 is 0. The quantitative estimate of drug-likeness (QED) is 0.844. The van der Waals surface area contributed by atoms with Gasteiger partial charge in [-0.05, 0) is 12.8 Å². The van der Waals surface area contributed by atoms with Crippen LogP contribution in [0.5, 0.6) is 0 Å². The molecule has 2 heterocycles. The zero-order valence-electron chi connectivity index (χ0n) is 13.3. The molecular weight excluding hydrogens is 280 g/mol. The van der Waals surface area contributed by atoms with E-state index >= 15 is 0 Å². The van der Waals surface area contributed by atoms with Crippen LogP contribution in [0.25, 0.3) is 0 Å². The SMILES string of the molecule is C[C@@]1(CO)CCC[C@H]1NCc1cnc(N2CCOCC2)nc1. The van der Waals surface area contributed by atoms with Crippen LogP contribution in [-0.2, 0) is 11.3 Å². The topological polar surface area (TPSA) is 70.5 Å². The minimum atomic E-state index is 0.00853. The van der Waals surface area contributed by atoms with Crippen LogP contribution in [0.3, 0.4) is 0 Å². The Morgan fingerprint density at radius 1 is 1.36 bits per heavy atom. The Morgan fingerprint density at radius 3 is 2.77 bits per heavy atom. The summed E-state index contributed by atoms with van der Waals surface area (Å²) in [6.45, 7) is 6.36. The predicted octanol–water partition coefficient (Wildman–Crippen LogP) is 0.954. The number of nitrogens with one attached hydrogen (secondary N) is 1. The molecular formula is C16H26N4O2. The number of aliphatic hydroxyl groups excluding tert-OH is 1. The van der Waals surface area contributed by atoms with Gasteiger partial charge in [0.1, 0.15) is 0 Å². The molecule has 1 aliphatic carbocycles. The summed E-state index contributed by atoms with van der Waals surface area (Å²) < 4.78 is 5.34. The van der Waals surface area contributed by atoms with Crippen LogP contribution in [0.4, 0.5) is 5.95 Å². The Kier molecular flexibility index (Phi) is 4.90. The summed E-state index contributed by atoms with van der Waals surface area (Å²) in [6, 6.07) is 0.372. The van der Waals surface area contributed by atoms with Gasteiger partial charge in [-0.3, -0.25) is 0 Å². The number of aliphatic hydroxyl groups is 1. The lowest BCUT2D eigenvalue weighted by Crippen LogP contribution is -2.41. The van der Waals surface area contributed by atoms with Gasteiger partial charge in [0.25, 0.3) is 0 Å². The van der Waals surface area contributed by atoms with Gasteiger partial charge in [-0.15, -0.1) is 0 Å². The van der Waals surface area contributed by atoms with Gasteiger partial charge < -0.3 is 20.1 Å². The van der Waals surface area contributed by atoms with Gasteiger partial charge in [-0.25, -0.2) is 9.97 Å². The van der Waals surface area contributed by atoms with Gasteiger partial charge in [0, 0.05) is 55.7 Å². The van der Waals surface area contributed by atoms with Crippen LogP contribution in [0.15, 0.2) is 12.4 Å². The van der Waals surface area contributed by atoms with E-state index in [1.807, 2.05) is 12.4 Å². The second-order valence-electron chi connectivity index (χ2n) is 6.63. The Morgan fingerprint density at radius 2 is 2.09 bits per heavy atom. The largest absolute Gasteiger partial charge is 0.396 e. The standard InChI is InChI=1S/C16H26N4O2/c1-16(12-21)4-2-3-14(16)17-9-13-10-18-15(19-11-13)20-5-7-22-8-6-20/h10-11,14,17,21H,2-9,12H2,1H3/t14-,16+/m1/s1. The number of nitrogens with zero attached hydrogens (tertiary/aromatic N) is 3. The Labute approximate surface area is 131 Å². The molecule has 1 saturated heterocycles. The van der Waals surface area contributed by atoms with Crippen molar-refractivity contribution in [3.63, 3.8) is 0 Å². The third kappa shape index (κ3) is 3.39. The number of morpholine rings is 1. The summed E-state index contributed by atoms with van der Waals surface area (Å²) in [6.07, 6.45) is 7.20. The molecule has 6 heteroatoms. The van der Waals surface area contributed by atoms with E-state index in [0.717, 1.165) is 57.2 Å². The lowest BCUT2D eigenvalue weighted by molar-refractivity contribution is 0.118. The molecule has 2 aliphatic rings. The average molecular weight is 306 g/mol. The molecule has 0 aromatic carbocycles. The van der Waals surface area contributed by atoms with Crippen molar-refractivity contribution in [2.45, 2.75) is 38.8 Å². The van der Waals surface area contributed by atoms with Gasteiger partial charge in [-0.1, -0.05) is 13.3 Å². The normalized spacial score (nSPS) is 29.0. The highest BCUT2D eigenvalue weighted by Crippen LogP contribution is 2.37. The number of aromatic nitrogens is 2. The zero-order chi connectivity index (χ0) is 15.4. The fourth-order valence-electron chi connectivity index (χ4n) is 3.38. The van der Waals surface area contributed by atoms with Crippen LogP contribution in [-0.4, -0.2) is 54.0 Å². The minimum absolute atomic E-state index is 0.00853. The first-order valence-electron chi connectivity index (χ1n) is 8.19. The fraction of sp³-hybridized carbons (Fsp3) is 0.750. The fourth-order valence-corrected chi connectivity index (χ4v) is 3.38. The average Bonchev–Trinajstić information content (AvgIpc) is 2.96. The maximum Gasteiger partial charge on any atom is 0.225 e. The van der Waals surface area contributed by atoms with E-state index in [1.165, 1.54) is 6.42 Å². The van der Waals surface area contributed by atoms with E-state index in [-0.39, 0.29) is 12.0 Å². The highest BCUT2D eigenvalue weighted by molar-refractivity contribution is 5.30. The van der Waals surface area contributed by atoms with Crippen LogP contribution < -0.4 is 10.2 Å². The van der Waals surface area contributed by atoms with Crippen molar-refractivity contribution in [1.82, 2.24) is 15.3 Å². The third-order valence-electron chi connectivity index (χ3n) is 4.98. The first kappa shape index (κ1) is 15.6. The van der Waals surface area contributed by atoms with Gasteiger partial charge in [0.15, 0.2) is 0 Å². The van der Waals surface area contributed by atoms with Crippen LogP contribution in [0.1, 0.15) is 31.7 Å². The van der Waals surface area contributed by atoms with Crippen molar-refractivity contribution in [1.29, 1.82) is 0 Å². The van der Waals surface area contributed by atoms with Crippen molar-refractivity contribution in [2.24, 2.45) is 5.41 Å². The van der Waals surface area contributed by atoms with E-state index in [4.69, 9.17) is 4.74 Å². The van der Waals surface area contributed by atoms with Crippen molar-refractivity contribution in [3.05, 3.63) is 18.0 Å². The van der Waals surface area contributed by atoms with E-state index in [2.05, 4.69) is 27.1 Å². The molecule has 0 unspecified atom stereocenters. The number of ether oxygens (including phenoxy) is 1. The second kappa shape index (κ2) is 6.89. The molecule has 2 N–H and O–H groups in total. The minimum Gasteiger partial charge on any atom is -0.396 e. The predicted molar refractivity (Wildman–Crippen MR) is 84.7 cm³/mol. The maximum atomic E-state index is 9.59. The Balaban J connectivity index is 1.55. The lowest BCUT2D eigenvalue weighted by atomic mass is 9.86.